The minimum atomic E-state index is -0.233. The van der Waals surface area contributed by atoms with Gasteiger partial charge in [0, 0.05) is 24.0 Å². The van der Waals surface area contributed by atoms with Gasteiger partial charge in [-0.2, -0.15) is 0 Å². The average molecular weight is 362 g/mol. The number of methoxy groups -OCH3 is 1. The Morgan fingerprint density at radius 2 is 1.63 bits per heavy atom. The number of nitrogens with one attached hydrogen (secondary N) is 1. The third-order valence-corrected chi connectivity index (χ3v) is 5.17. The molecule has 27 heavy (non-hydrogen) atoms. The topological polar surface area (TPSA) is 62.4 Å². The molecule has 1 fully saturated rings. The molecule has 3 aromatic rings. The quantitative estimate of drug-likeness (QED) is 0.770. The van der Waals surface area contributed by atoms with Crippen LogP contribution < -0.4 is 10.3 Å². The summed E-state index contributed by atoms with van der Waals surface area (Å²) in [6.07, 6.45) is 3.15. The third kappa shape index (κ3) is 3.21. The summed E-state index contributed by atoms with van der Waals surface area (Å²) in [5.41, 5.74) is 1.78. The van der Waals surface area contributed by atoms with Gasteiger partial charge in [-0.1, -0.05) is 30.3 Å². The van der Waals surface area contributed by atoms with Crippen LogP contribution >= 0.6 is 0 Å². The van der Waals surface area contributed by atoms with Crippen molar-refractivity contribution >= 4 is 16.7 Å². The molecule has 0 saturated carbocycles. The molecule has 1 amide bonds. The molecular formula is C22H22N2O3. The number of carbonyl (C=O) groups excluding carboxylic acids is 1. The Morgan fingerprint density at radius 1 is 0.963 bits per heavy atom. The van der Waals surface area contributed by atoms with E-state index in [2.05, 4.69) is 4.98 Å². The molecule has 2 heterocycles. The summed E-state index contributed by atoms with van der Waals surface area (Å²) >= 11 is 0. The molecule has 1 aliphatic rings. The van der Waals surface area contributed by atoms with Crippen molar-refractivity contribution in [1.82, 2.24) is 9.88 Å². The van der Waals surface area contributed by atoms with Crippen LogP contribution in [0.5, 0.6) is 5.75 Å². The first-order valence-corrected chi connectivity index (χ1v) is 9.28. The molecule has 0 atom stereocenters. The van der Waals surface area contributed by atoms with Crippen LogP contribution in [-0.4, -0.2) is 36.0 Å². The fourth-order valence-corrected chi connectivity index (χ4v) is 3.75. The summed E-state index contributed by atoms with van der Waals surface area (Å²) in [5.74, 6) is 0.639. The molecular weight excluding hydrogens is 340 g/mol. The second-order valence-corrected chi connectivity index (χ2v) is 6.83. The van der Waals surface area contributed by atoms with Crippen molar-refractivity contribution in [2.24, 2.45) is 0 Å². The third-order valence-electron chi connectivity index (χ3n) is 5.17. The maximum Gasteiger partial charge on any atom is 0.271 e. The van der Waals surface area contributed by atoms with Gasteiger partial charge in [0.15, 0.2) is 0 Å². The summed E-state index contributed by atoms with van der Waals surface area (Å²) in [6, 6.07) is 15.0. The Kier molecular flexibility index (Phi) is 4.67. The van der Waals surface area contributed by atoms with Gasteiger partial charge in [-0.25, -0.2) is 0 Å². The average Bonchev–Trinajstić information content (AvgIpc) is 2.74. The number of ether oxygens (including phenoxy) is 1. The van der Waals surface area contributed by atoms with Crippen molar-refractivity contribution in [3.63, 3.8) is 0 Å². The number of benzene rings is 2. The van der Waals surface area contributed by atoms with E-state index in [1.165, 1.54) is 0 Å². The highest BCUT2D eigenvalue weighted by molar-refractivity contribution is 6.08. The number of likely N-dealkylation sites (tertiary alicyclic amines) is 1. The molecule has 138 valence electrons. The van der Waals surface area contributed by atoms with Crippen LogP contribution in [0.4, 0.5) is 0 Å². The molecule has 0 radical (unpaired) electrons. The summed E-state index contributed by atoms with van der Waals surface area (Å²) in [7, 11) is 1.62. The van der Waals surface area contributed by atoms with Crippen LogP contribution in [0.2, 0.25) is 0 Å². The Hall–Kier alpha value is -3.08. The molecule has 0 bridgehead atoms. The van der Waals surface area contributed by atoms with Crippen LogP contribution in [0, 0.1) is 0 Å². The summed E-state index contributed by atoms with van der Waals surface area (Å²) in [6.45, 7) is 1.46. The highest BCUT2D eigenvalue weighted by atomic mass is 16.5. The smallest absolute Gasteiger partial charge is 0.271 e. The largest absolute Gasteiger partial charge is 0.497 e. The molecule has 5 nitrogen and oxygen atoms in total. The van der Waals surface area contributed by atoms with Gasteiger partial charge in [-0.05, 0) is 48.4 Å². The lowest BCUT2D eigenvalue weighted by atomic mass is 9.96. The van der Waals surface area contributed by atoms with Crippen LogP contribution in [0.1, 0.15) is 29.8 Å². The number of rotatable bonds is 3. The van der Waals surface area contributed by atoms with E-state index >= 15 is 0 Å². The minimum absolute atomic E-state index is 0.108. The summed E-state index contributed by atoms with van der Waals surface area (Å²) < 4.78 is 5.25. The van der Waals surface area contributed by atoms with Gasteiger partial charge < -0.3 is 14.6 Å². The highest BCUT2D eigenvalue weighted by Crippen LogP contribution is 2.31. The molecule has 0 spiro atoms. The lowest BCUT2D eigenvalue weighted by Gasteiger charge is -2.27. The van der Waals surface area contributed by atoms with E-state index in [1.807, 2.05) is 47.4 Å². The van der Waals surface area contributed by atoms with E-state index in [1.54, 1.807) is 13.2 Å². The minimum Gasteiger partial charge on any atom is -0.497 e. The van der Waals surface area contributed by atoms with Crippen molar-refractivity contribution in [2.75, 3.05) is 20.2 Å². The molecule has 1 aromatic heterocycles. The van der Waals surface area contributed by atoms with E-state index in [0.29, 0.717) is 11.1 Å². The first kappa shape index (κ1) is 17.3. The van der Waals surface area contributed by atoms with E-state index in [-0.39, 0.29) is 11.5 Å². The number of H-pyrrole nitrogens is 1. The van der Waals surface area contributed by atoms with Crippen molar-refractivity contribution in [3.05, 3.63) is 64.6 Å². The first-order valence-electron chi connectivity index (χ1n) is 9.28. The van der Waals surface area contributed by atoms with Gasteiger partial charge in [-0.15, -0.1) is 0 Å². The number of aromatic amines is 1. The Labute approximate surface area is 157 Å². The number of nitrogens with zero attached hydrogens (tertiary/aromatic N) is 1. The van der Waals surface area contributed by atoms with E-state index in [4.69, 9.17) is 4.74 Å². The van der Waals surface area contributed by atoms with Crippen molar-refractivity contribution in [1.29, 1.82) is 0 Å². The van der Waals surface area contributed by atoms with Crippen LogP contribution in [0.15, 0.2) is 53.3 Å². The zero-order chi connectivity index (χ0) is 18.8. The van der Waals surface area contributed by atoms with Gasteiger partial charge in [0.05, 0.1) is 7.11 Å². The normalized spacial score (nSPS) is 14.3. The molecule has 2 aromatic carbocycles. The van der Waals surface area contributed by atoms with Crippen LogP contribution in [0.25, 0.3) is 21.9 Å². The van der Waals surface area contributed by atoms with E-state index in [0.717, 1.165) is 54.6 Å². The molecule has 0 unspecified atom stereocenters. The predicted molar refractivity (Wildman–Crippen MR) is 106 cm³/mol. The van der Waals surface area contributed by atoms with Crippen molar-refractivity contribution in [3.8, 4) is 16.9 Å². The number of hydrogen-bond donors (Lipinski definition) is 1. The van der Waals surface area contributed by atoms with Gasteiger partial charge >= 0.3 is 0 Å². The van der Waals surface area contributed by atoms with Crippen molar-refractivity contribution < 1.29 is 9.53 Å². The Morgan fingerprint density at radius 3 is 2.30 bits per heavy atom. The molecule has 1 saturated heterocycles. The highest BCUT2D eigenvalue weighted by Gasteiger charge is 2.24. The van der Waals surface area contributed by atoms with E-state index in [9.17, 15) is 9.59 Å². The van der Waals surface area contributed by atoms with Crippen LogP contribution in [-0.2, 0) is 0 Å². The number of fused-ring (bicyclic) bond motifs is 1. The van der Waals surface area contributed by atoms with Gasteiger partial charge in [-0.3, -0.25) is 9.59 Å². The van der Waals surface area contributed by atoms with Gasteiger partial charge in [0.25, 0.3) is 11.5 Å². The SMILES string of the molecule is COc1ccc(-c2c(C(=O)N3CCCCC3)[nH]c(=O)c3ccccc23)cc1. The van der Waals surface area contributed by atoms with Gasteiger partial charge in [0.1, 0.15) is 11.4 Å². The lowest BCUT2D eigenvalue weighted by Crippen LogP contribution is -2.37. The number of hydrogen-bond acceptors (Lipinski definition) is 3. The number of aromatic nitrogens is 1. The number of pyridine rings is 1. The molecule has 5 heteroatoms. The van der Waals surface area contributed by atoms with Crippen LogP contribution in [0.3, 0.4) is 0 Å². The van der Waals surface area contributed by atoms with Crippen molar-refractivity contribution in [2.45, 2.75) is 19.3 Å². The number of carbonyl (C=O) groups is 1. The molecule has 1 N–H and O–H groups in total. The Bertz CT molecular complexity index is 1030. The zero-order valence-electron chi connectivity index (χ0n) is 15.3. The molecule has 4 rings (SSSR count). The predicted octanol–water partition coefficient (Wildman–Crippen LogP) is 3.83. The standard InChI is InChI=1S/C22H22N2O3/c1-27-16-11-9-15(10-12-16)19-17-7-3-4-8-18(17)21(25)23-20(19)22(26)24-13-5-2-6-14-24/h3-4,7-12H,2,5-6,13-14H2,1H3,(H,23,25). The molecule has 1 aliphatic heterocycles. The second-order valence-electron chi connectivity index (χ2n) is 6.83. The Balaban J connectivity index is 1.94. The molecule has 0 aliphatic carbocycles. The second kappa shape index (κ2) is 7.27. The lowest BCUT2D eigenvalue weighted by molar-refractivity contribution is 0.0719. The number of amides is 1. The fourth-order valence-electron chi connectivity index (χ4n) is 3.75. The zero-order valence-corrected chi connectivity index (χ0v) is 15.3. The van der Waals surface area contributed by atoms with Gasteiger partial charge in [0.2, 0.25) is 0 Å². The monoisotopic (exact) mass is 362 g/mol. The summed E-state index contributed by atoms with van der Waals surface area (Å²) in [5, 5.41) is 1.37. The number of piperidine rings is 1. The maximum atomic E-state index is 13.2. The summed E-state index contributed by atoms with van der Waals surface area (Å²) in [4.78, 5) is 30.6. The first-order chi connectivity index (χ1) is 13.2. The maximum absolute atomic E-state index is 13.2. The van der Waals surface area contributed by atoms with E-state index < -0.39 is 0 Å². The fraction of sp³-hybridized carbons (Fsp3) is 0.273.